The molecule has 1 saturated heterocycles. The summed E-state index contributed by atoms with van der Waals surface area (Å²) in [7, 11) is 2.04. The van der Waals surface area contributed by atoms with Crippen LogP contribution in [0.1, 0.15) is 29.0 Å². The predicted molar refractivity (Wildman–Crippen MR) is 87.7 cm³/mol. The molecule has 1 heterocycles. The smallest absolute Gasteiger partial charge is 0.219 e. The van der Waals surface area contributed by atoms with Crippen LogP contribution < -0.4 is 10.6 Å². The molecule has 0 atom stereocenters. The molecule has 1 aliphatic heterocycles. The second-order valence-electron chi connectivity index (χ2n) is 5.33. The summed E-state index contributed by atoms with van der Waals surface area (Å²) in [5.41, 5.74) is 0. The maximum absolute atomic E-state index is 11.0. The Morgan fingerprint density at radius 3 is 2.48 bits per heavy atom. The number of carbonyl (C=O) groups is 1. The molecule has 0 unspecified atom stereocenters. The Labute approximate surface area is 131 Å². The van der Waals surface area contributed by atoms with Gasteiger partial charge < -0.3 is 25.0 Å². The molecule has 0 aromatic heterocycles. The predicted octanol–water partition coefficient (Wildman–Crippen LogP) is 0.722. The van der Waals surface area contributed by atoms with E-state index in [-0.39, 0.29) is 8.76 Å². The number of amides is 1. The summed E-state index contributed by atoms with van der Waals surface area (Å²) in [5, 5.41) is 6.10. The molecule has 0 aromatic rings. The molecule has 6 nitrogen and oxygen atoms in total. The quantitative estimate of drug-likeness (QED) is 0.551. The minimum Gasteiger partial charge on any atom is -0.378 e. The van der Waals surface area contributed by atoms with Crippen molar-refractivity contribution in [3.05, 3.63) is 0 Å². The molecule has 21 heavy (non-hydrogen) atoms. The van der Waals surface area contributed by atoms with Crippen LogP contribution in [-0.4, -0.2) is 76.5 Å². The van der Waals surface area contributed by atoms with Gasteiger partial charge in [0.1, 0.15) is 0 Å². The molecule has 128 valence electrons. The second-order valence-corrected chi connectivity index (χ2v) is 5.33. The van der Waals surface area contributed by atoms with Gasteiger partial charge in [-0.15, -0.1) is 0 Å². The Morgan fingerprint density at radius 1 is 1.19 bits per heavy atom. The van der Waals surface area contributed by atoms with Gasteiger partial charge in [0, 0.05) is 28.4 Å². The number of likely N-dealkylation sites (tertiary alicyclic amines) is 1. The zero-order chi connectivity index (χ0) is 15.3. The van der Waals surface area contributed by atoms with E-state index >= 15 is 0 Å². The fraction of sp³-hybridized carbons (Fsp3) is 0.933. The maximum Gasteiger partial charge on any atom is 0.219 e. The van der Waals surface area contributed by atoms with E-state index in [2.05, 4.69) is 15.5 Å². The van der Waals surface area contributed by atoms with E-state index in [0.29, 0.717) is 38.8 Å². The van der Waals surface area contributed by atoms with Crippen LogP contribution in [0.4, 0.5) is 0 Å². The molecule has 0 bridgehead atoms. The molecule has 0 aromatic carbocycles. The normalized spacial score (nSPS) is 17.0. The van der Waals surface area contributed by atoms with Crippen LogP contribution in [0.2, 0.25) is 0 Å². The number of hydrogen-bond acceptors (Lipinski definition) is 5. The Hall–Kier alpha value is -0.690. The fourth-order valence-electron chi connectivity index (χ4n) is 2.35. The van der Waals surface area contributed by atoms with Crippen molar-refractivity contribution >= 4 is 5.91 Å². The van der Waals surface area contributed by atoms with Crippen molar-refractivity contribution in [3.63, 3.8) is 0 Å². The number of nitrogens with one attached hydrogen (secondary N) is 2. The Bertz CT molecular complexity index is 279. The lowest BCUT2D eigenvalue weighted by Gasteiger charge is -2.31. The lowest BCUT2D eigenvalue weighted by molar-refractivity contribution is -0.121. The van der Waals surface area contributed by atoms with Crippen molar-refractivity contribution in [2.75, 3.05) is 59.7 Å². The summed E-state index contributed by atoms with van der Waals surface area (Å²) in [6.45, 7) is 8.25. The number of nitrogens with zero attached hydrogens (tertiary/aromatic N) is 1. The first kappa shape index (κ1) is 18.4. The van der Waals surface area contributed by atoms with Crippen molar-refractivity contribution < 1.29 is 17.1 Å². The molecule has 1 fully saturated rings. The first-order valence-corrected chi connectivity index (χ1v) is 8.08. The molecular weight excluding hydrogens is 270 g/mol. The molecule has 2 N–H and O–H groups in total. The highest BCUT2D eigenvalue weighted by Gasteiger charge is 2.16. The van der Waals surface area contributed by atoms with Crippen LogP contribution in [0, 0.1) is 0 Å². The van der Waals surface area contributed by atoms with Crippen LogP contribution in [0.15, 0.2) is 0 Å². The van der Waals surface area contributed by atoms with Gasteiger partial charge in [-0.3, -0.25) is 4.79 Å². The van der Waals surface area contributed by atoms with E-state index in [1.165, 1.54) is 12.8 Å². The third-order valence-electron chi connectivity index (χ3n) is 3.81. The average molecular weight is 305 g/mol. The van der Waals surface area contributed by atoms with E-state index in [0.717, 1.165) is 26.2 Å². The molecule has 1 rings (SSSR count). The lowest BCUT2D eigenvalue weighted by atomic mass is 10.1. The van der Waals surface area contributed by atoms with E-state index in [9.17, 15) is 4.79 Å². The highest BCUT2D eigenvalue weighted by atomic mass is 16.5. The summed E-state index contributed by atoms with van der Waals surface area (Å²) in [4.78, 5) is 13.4. The fourth-order valence-corrected chi connectivity index (χ4v) is 2.35. The monoisotopic (exact) mass is 305 g/mol. The summed E-state index contributed by atoms with van der Waals surface area (Å²) in [6, 6.07) is 0.684. The van der Waals surface area contributed by atoms with Crippen LogP contribution in [0.25, 0.3) is 0 Å². The van der Waals surface area contributed by atoms with Gasteiger partial charge in [0.25, 0.3) is 0 Å². The zero-order valence-electron chi connectivity index (χ0n) is 13.5. The first-order chi connectivity index (χ1) is 10.3. The van der Waals surface area contributed by atoms with Crippen molar-refractivity contribution in [2.24, 2.45) is 0 Å². The van der Waals surface area contributed by atoms with Gasteiger partial charge in [0.2, 0.25) is 5.91 Å². The van der Waals surface area contributed by atoms with Crippen molar-refractivity contribution in [1.82, 2.24) is 15.5 Å². The highest BCUT2D eigenvalue weighted by molar-refractivity contribution is 5.75. The first-order valence-electron chi connectivity index (χ1n) is 8.08. The number of hydrogen-bond donors (Lipinski definition) is 2. The zero-order valence-corrected chi connectivity index (χ0v) is 13.5. The molecule has 0 aliphatic carbocycles. The molecule has 0 radical (unpaired) electrons. The largest absolute Gasteiger partial charge is 0.378 e. The number of rotatable bonds is 11. The third kappa shape index (κ3) is 9.03. The van der Waals surface area contributed by atoms with Gasteiger partial charge in [-0.05, 0) is 33.0 Å². The topological polar surface area (TPSA) is 62.8 Å². The van der Waals surface area contributed by atoms with Gasteiger partial charge in [0.05, 0.1) is 26.4 Å². The average Bonchev–Trinajstić information content (AvgIpc) is 2.53. The molecule has 0 spiro atoms. The molecule has 1 aliphatic rings. The van der Waals surface area contributed by atoms with Crippen LogP contribution in [-0.2, 0) is 14.3 Å². The van der Waals surface area contributed by atoms with Gasteiger partial charge in [-0.1, -0.05) is 6.92 Å². The number of carbonyl (C=O) groups excluding carboxylic acids is 1. The third-order valence-corrected chi connectivity index (χ3v) is 3.81. The van der Waals surface area contributed by atoms with Gasteiger partial charge in [-0.25, -0.2) is 0 Å². The Morgan fingerprint density at radius 2 is 1.86 bits per heavy atom. The Kier molecular flexibility index (Phi) is 10.4. The standard InChI is InChI=1S/C15H31N3O3.2H2/c1-3-15(19)17-6-10-20-12-13-21-11-9-18-7-4-14(16-2)5-8-18;;/h14,16H,3-13H2,1-2H3,(H,17,19);2*1H. The van der Waals surface area contributed by atoms with Crippen molar-refractivity contribution in [2.45, 2.75) is 32.2 Å². The highest BCUT2D eigenvalue weighted by Crippen LogP contribution is 2.08. The van der Waals surface area contributed by atoms with E-state index in [1.54, 1.807) is 0 Å². The van der Waals surface area contributed by atoms with Crippen molar-refractivity contribution in [1.29, 1.82) is 0 Å². The molecule has 0 saturated carbocycles. The minimum absolute atomic E-state index is 0. The summed E-state index contributed by atoms with van der Waals surface area (Å²) in [5.74, 6) is 0.0666. The van der Waals surface area contributed by atoms with Crippen LogP contribution in [0.5, 0.6) is 0 Å². The molecule has 6 heteroatoms. The summed E-state index contributed by atoms with van der Waals surface area (Å²) < 4.78 is 11.0. The Balaban J connectivity index is 0. The number of piperidine rings is 1. The van der Waals surface area contributed by atoms with E-state index in [4.69, 9.17) is 9.47 Å². The van der Waals surface area contributed by atoms with Crippen LogP contribution >= 0.6 is 0 Å². The second kappa shape index (κ2) is 11.9. The molecular formula is C15H35N3O3. The SMILES string of the molecule is CCC(=O)NCCOCCOCCN1CCC(NC)CC1.[HH].[HH]. The maximum atomic E-state index is 11.0. The van der Waals surface area contributed by atoms with Gasteiger partial charge in [-0.2, -0.15) is 0 Å². The molecule has 1 amide bonds. The van der Waals surface area contributed by atoms with Gasteiger partial charge in [0.15, 0.2) is 0 Å². The summed E-state index contributed by atoms with van der Waals surface area (Å²) >= 11 is 0. The van der Waals surface area contributed by atoms with E-state index in [1.807, 2.05) is 14.0 Å². The minimum atomic E-state index is 0. The number of ether oxygens (including phenoxy) is 2. The van der Waals surface area contributed by atoms with E-state index < -0.39 is 0 Å². The van der Waals surface area contributed by atoms with Crippen LogP contribution in [0.3, 0.4) is 0 Å². The van der Waals surface area contributed by atoms with Crippen molar-refractivity contribution in [3.8, 4) is 0 Å². The summed E-state index contributed by atoms with van der Waals surface area (Å²) in [6.07, 6.45) is 2.97. The van der Waals surface area contributed by atoms with Gasteiger partial charge >= 0.3 is 0 Å². The lowest BCUT2D eigenvalue weighted by Crippen LogP contribution is -2.42.